The first-order valence-electron chi connectivity index (χ1n) is 4.17. The van der Waals surface area contributed by atoms with Gasteiger partial charge in [0.25, 0.3) is 0 Å². The van der Waals surface area contributed by atoms with Crippen LogP contribution in [-0.2, 0) is 6.42 Å². The summed E-state index contributed by atoms with van der Waals surface area (Å²) in [6.45, 7) is 0. The monoisotopic (exact) mass is 180 g/mol. The zero-order valence-electron chi connectivity index (χ0n) is 6.55. The van der Waals surface area contributed by atoms with E-state index in [4.69, 9.17) is 0 Å². The molecule has 1 aliphatic heterocycles. The third-order valence-corrected chi connectivity index (χ3v) is 3.27. The fourth-order valence-corrected chi connectivity index (χ4v) is 2.55. The van der Waals surface area contributed by atoms with Crippen LogP contribution in [0.15, 0.2) is 29.2 Å². The Labute approximate surface area is 79.4 Å². The molecule has 0 atom stereocenters. The number of thioether (sulfide) groups is 1. The van der Waals surface area contributed by atoms with Crippen molar-refractivity contribution in [2.45, 2.75) is 31.6 Å². The third-order valence-electron chi connectivity index (χ3n) is 2.07. The minimum Gasteiger partial charge on any atom is -0.126 e. The smallest absolute Gasteiger partial charge is 0.0104 e. The van der Waals surface area contributed by atoms with E-state index in [1.807, 2.05) is 11.8 Å². The molecule has 0 radical (unpaired) electrons. The van der Waals surface area contributed by atoms with E-state index in [1.54, 1.807) is 5.56 Å². The molecule has 1 heterocycles. The van der Waals surface area contributed by atoms with Crippen LogP contribution in [0.25, 0.3) is 0 Å². The molecule has 0 N–H and O–H groups in total. The van der Waals surface area contributed by atoms with E-state index in [2.05, 4.69) is 24.3 Å². The van der Waals surface area contributed by atoms with Gasteiger partial charge in [-0.2, -0.15) is 0 Å². The second-order valence-corrected chi connectivity index (χ2v) is 4.05. The molecule has 0 amide bonds. The second-order valence-electron chi connectivity index (χ2n) is 2.91. The van der Waals surface area contributed by atoms with E-state index in [0.29, 0.717) is 0 Å². The summed E-state index contributed by atoms with van der Waals surface area (Å²) in [5.74, 6) is 1.30. The van der Waals surface area contributed by atoms with Gasteiger partial charge in [0.05, 0.1) is 0 Å². The van der Waals surface area contributed by atoms with Gasteiger partial charge < -0.3 is 0 Å². The summed E-state index contributed by atoms with van der Waals surface area (Å²) in [6, 6.07) is 8.78. The van der Waals surface area contributed by atoms with Crippen molar-refractivity contribution in [3.05, 3.63) is 29.8 Å². The molecular weight excluding hydrogens is 164 g/mol. The molecule has 0 aliphatic carbocycles. The zero-order chi connectivity index (χ0) is 7.52. The van der Waals surface area contributed by atoms with Crippen LogP contribution in [0, 0.1) is 0 Å². The lowest BCUT2D eigenvalue weighted by Gasteiger charge is -2.01. The van der Waals surface area contributed by atoms with E-state index in [9.17, 15) is 0 Å². The Morgan fingerprint density at radius 1 is 1.08 bits per heavy atom. The molecule has 1 aromatic carbocycles. The standard InChI is InChI=1S/C10H12S.CH4/c1-2-7-10-9(5-1)6-3-4-8-11-10;/h1-2,5,7H,3-4,6,8H2;1H4. The molecule has 1 aromatic rings. The minimum atomic E-state index is 0. The molecule has 0 aromatic heterocycles. The summed E-state index contributed by atoms with van der Waals surface area (Å²) in [5.41, 5.74) is 1.55. The van der Waals surface area contributed by atoms with E-state index in [-0.39, 0.29) is 7.43 Å². The molecular formula is C11H16S. The van der Waals surface area contributed by atoms with Gasteiger partial charge >= 0.3 is 0 Å². The van der Waals surface area contributed by atoms with Crippen LogP contribution in [0.5, 0.6) is 0 Å². The lowest BCUT2D eigenvalue weighted by atomic mass is 10.1. The second kappa shape index (κ2) is 4.56. The molecule has 2 rings (SSSR count). The summed E-state index contributed by atoms with van der Waals surface area (Å²) < 4.78 is 0. The maximum absolute atomic E-state index is 2.26. The predicted octanol–water partition coefficient (Wildman–Crippen LogP) is 3.75. The van der Waals surface area contributed by atoms with E-state index < -0.39 is 0 Å². The Kier molecular flexibility index (Phi) is 3.67. The van der Waals surface area contributed by atoms with Crippen molar-refractivity contribution in [2.75, 3.05) is 5.75 Å². The molecule has 0 unspecified atom stereocenters. The van der Waals surface area contributed by atoms with Crippen molar-refractivity contribution in [2.24, 2.45) is 0 Å². The molecule has 12 heavy (non-hydrogen) atoms. The maximum Gasteiger partial charge on any atom is 0.0104 e. The molecule has 0 saturated carbocycles. The number of aryl methyl sites for hydroxylation is 1. The minimum absolute atomic E-state index is 0. The van der Waals surface area contributed by atoms with Gasteiger partial charge in [-0.25, -0.2) is 0 Å². The fraction of sp³-hybridized carbons (Fsp3) is 0.455. The van der Waals surface area contributed by atoms with Crippen molar-refractivity contribution >= 4 is 11.8 Å². The van der Waals surface area contributed by atoms with E-state index in [0.717, 1.165) is 0 Å². The van der Waals surface area contributed by atoms with E-state index >= 15 is 0 Å². The Hall–Kier alpha value is -0.430. The van der Waals surface area contributed by atoms with Crippen LogP contribution in [0.4, 0.5) is 0 Å². The largest absolute Gasteiger partial charge is 0.126 e. The topological polar surface area (TPSA) is 0 Å². The van der Waals surface area contributed by atoms with Crippen LogP contribution >= 0.6 is 11.8 Å². The van der Waals surface area contributed by atoms with Gasteiger partial charge in [-0.15, -0.1) is 11.8 Å². The van der Waals surface area contributed by atoms with Crippen LogP contribution in [0.1, 0.15) is 25.8 Å². The lowest BCUT2D eigenvalue weighted by Crippen LogP contribution is -1.83. The summed E-state index contributed by atoms with van der Waals surface area (Å²) >= 11 is 2.01. The zero-order valence-corrected chi connectivity index (χ0v) is 7.36. The normalized spacial score (nSPS) is 15.7. The van der Waals surface area contributed by atoms with Gasteiger partial charge in [0.1, 0.15) is 0 Å². The van der Waals surface area contributed by atoms with Crippen molar-refractivity contribution in [1.29, 1.82) is 0 Å². The molecule has 0 nitrogen and oxygen atoms in total. The first-order valence-corrected chi connectivity index (χ1v) is 5.16. The van der Waals surface area contributed by atoms with Gasteiger partial charge in [0.2, 0.25) is 0 Å². The van der Waals surface area contributed by atoms with Gasteiger partial charge in [-0.1, -0.05) is 25.6 Å². The highest BCUT2D eigenvalue weighted by molar-refractivity contribution is 7.99. The van der Waals surface area contributed by atoms with Gasteiger partial charge in [-0.3, -0.25) is 0 Å². The van der Waals surface area contributed by atoms with Gasteiger partial charge in [0.15, 0.2) is 0 Å². The number of fused-ring (bicyclic) bond motifs is 1. The highest BCUT2D eigenvalue weighted by atomic mass is 32.2. The van der Waals surface area contributed by atoms with Crippen molar-refractivity contribution in [1.82, 2.24) is 0 Å². The number of hydrogen-bond donors (Lipinski definition) is 0. The Balaban J connectivity index is 0.000000720. The van der Waals surface area contributed by atoms with Crippen LogP contribution in [0.2, 0.25) is 0 Å². The summed E-state index contributed by atoms with van der Waals surface area (Å²) in [6.07, 6.45) is 4.02. The highest BCUT2D eigenvalue weighted by Gasteiger charge is 2.05. The molecule has 1 heteroatoms. The fourth-order valence-electron chi connectivity index (χ4n) is 1.45. The number of rotatable bonds is 0. The summed E-state index contributed by atoms with van der Waals surface area (Å²) in [5, 5.41) is 0. The average molecular weight is 180 g/mol. The predicted molar refractivity (Wildman–Crippen MR) is 56.8 cm³/mol. The third kappa shape index (κ3) is 2.04. The highest BCUT2D eigenvalue weighted by Crippen LogP contribution is 2.28. The Bertz CT molecular complexity index is 218. The van der Waals surface area contributed by atoms with Crippen molar-refractivity contribution < 1.29 is 0 Å². The quantitative estimate of drug-likeness (QED) is 0.586. The summed E-state index contributed by atoms with van der Waals surface area (Å²) in [4.78, 5) is 1.50. The Morgan fingerprint density at radius 2 is 1.92 bits per heavy atom. The SMILES string of the molecule is C.c1ccc2c(c1)CCCCS2. The lowest BCUT2D eigenvalue weighted by molar-refractivity contribution is 0.804. The number of hydrogen-bond acceptors (Lipinski definition) is 1. The summed E-state index contributed by atoms with van der Waals surface area (Å²) in [7, 11) is 0. The van der Waals surface area contributed by atoms with E-state index in [1.165, 1.54) is 29.9 Å². The van der Waals surface area contributed by atoms with Crippen LogP contribution in [-0.4, -0.2) is 5.75 Å². The molecule has 0 spiro atoms. The maximum atomic E-state index is 2.26. The van der Waals surface area contributed by atoms with Gasteiger partial charge in [0, 0.05) is 4.90 Å². The molecule has 1 aliphatic rings. The van der Waals surface area contributed by atoms with Crippen LogP contribution < -0.4 is 0 Å². The molecule has 0 bridgehead atoms. The first kappa shape index (κ1) is 9.66. The number of benzene rings is 1. The van der Waals surface area contributed by atoms with Gasteiger partial charge in [-0.05, 0) is 36.6 Å². The van der Waals surface area contributed by atoms with Crippen molar-refractivity contribution in [3.8, 4) is 0 Å². The average Bonchev–Trinajstić information content (AvgIpc) is 2.28. The molecule has 0 fully saturated rings. The molecule has 0 saturated heterocycles. The Morgan fingerprint density at radius 3 is 2.83 bits per heavy atom. The molecule has 66 valence electrons. The first-order chi connectivity index (χ1) is 5.47. The van der Waals surface area contributed by atoms with Crippen molar-refractivity contribution in [3.63, 3.8) is 0 Å². The van der Waals surface area contributed by atoms with Crippen LogP contribution in [0.3, 0.4) is 0 Å².